The average molecular weight is 396 g/mol. The van der Waals surface area contributed by atoms with Crippen LogP contribution in [0.1, 0.15) is 12.0 Å². The third-order valence-corrected chi connectivity index (χ3v) is 5.52. The minimum absolute atomic E-state index is 0.0588. The highest BCUT2D eigenvalue weighted by Gasteiger charge is 2.32. The molecule has 1 N–H and O–H groups in total. The van der Waals surface area contributed by atoms with Crippen LogP contribution in [-0.2, 0) is 11.3 Å². The van der Waals surface area contributed by atoms with Crippen molar-refractivity contribution in [1.29, 1.82) is 0 Å². The Morgan fingerprint density at radius 2 is 1.69 bits per heavy atom. The van der Waals surface area contributed by atoms with E-state index in [1.54, 1.807) is 21.9 Å². The molecular weight excluding hydrogens is 371 g/mol. The van der Waals surface area contributed by atoms with Crippen molar-refractivity contribution in [2.24, 2.45) is 0 Å². The second kappa shape index (κ2) is 8.51. The molecule has 2 aliphatic heterocycles. The van der Waals surface area contributed by atoms with E-state index < -0.39 is 0 Å². The molecule has 1 unspecified atom stereocenters. The maximum Gasteiger partial charge on any atom is 0.317 e. The Labute approximate surface area is 169 Å². The van der Waals surface area contributed by atoms with Crippen LogP contribution in [0.3, 0.4) is 0 Å². The van der Waals surface area contributed by atoms with Gasteiger partial charge in [0.05, 0.1) is 11.7 Å². The molecule has 3 amide bonds. The molecule has 2 heterocycles. The Hall–Kier alpha value is -3.09. The van der Waals surface area contributed by atoms with Gasteiger partial charge in [-0.1, -0.05) is 42.5 Å². The van der Waals surface area contributed by atoms with Crippen LogP contribution in [0.15, 0.2) is 54.6 Å². The first-order valence-electron chi connectivity index (χ1n) is 9.97. The molecule has 0 saturated carbocycles. The lowest BCUT2D eigenvalue weighted by atomic mass is 10.2. The summed E-state index contributed by atoms with van der Waals surface area (Å²) in [5, 5.41) is 2.99. The van der Waals surface area contributed by atoms with Crippen LogP contribution in [-0.4, -0.2) is 60.5 Å². The first kappa shape index (κ1) is 19.2. The lowest BCUT2D eigenvalue weighted by Crippen LogP contribution is -2.54. The Morgan fingerprint density at radius 3 is 2.41 bits per heavy atom. The van der Waals surface area contributed by atoms with Crippen molar-refractivity contribution in [3.8, 4) is 0 Å². The van der Waals surface area contributed by atoms with Crippen molar-refractivity contribution < 1.29 is 14.0 Å². The van der Waals surface area contributed by atoms with Gasteiger partial charge in [0.1, 0.15) is 5.82 Å². The molecule has 152 valence electrons. The number of halogens is 1. The fraction of sp³-hybridized carbons (Fsp3) is 0.364. The third-order valence-electron chi connectivity index (χ3n) is 5.52. The van der Waals surface area contributed by atoms with E-state index in [9.17, 15) is 14.0 Å². The summed E-state index contributed by atoms with van der Waals surface area (Å²) in [6.07, 6.45) is 0.327. The maximum absolute atomic E-state index is 14.0. The molecule has 29 heavy (non-hydrogen) atoms. The van der Waals surface area contributed by atoms with Gasteiger partial charge in [0.25, 0.3) is 0 Å². The van der Waals surface area contributed by atoms with Crippen LogP contribution < -0.4 is 10.2 Å². The Morgan fingerprint density at radius 1 is 1.00 bits per heavy atom. The highest BCUT2D eigenvalue weighted by Crippen LogP contribution is 2.20. The molecule has 1 atom stereocenters. The van der Waals surface area contributed by atoms with Crippen LogP contribution in [0.2, 0.25) is 0 Å². The predicted octanol–water partition coefficient (Wildman–Crippen LogP) is 2.46. The quantitative estimate of drug-likeness (QED) is 0.864. The number of carbonyl (C=O) groups is 2. The van der Waals surface area contributed by atoms with E-state index in [0.717, 1.165) is 5.56 Å². The van der Waals surface area contributed by atoms with E-state index in [4.69, 9.17) is 0 Å². The third kappa shape index (κ3) is 4.50. The number of benzene rings is 2. The largest absolute Gasteiger partial charge is 0.366 e. The summed E-state index contributed by atoms with van der Waals surface area (Å²) in [5.41, 5.74) is 1.66. The number of para-hydroxylation sites is 1. The van der Waals surface area contributed by atoms with Gasteiger partial charge in [-0.2, -0.15) is 0 Å². The van der Waals surface area contributed by atoms with Crippen LogP contribution in [0.4, 0.5) is 14.9 Å². The van der Waals surface area contributed by atoms with Crippen LogP contribution in [0.25, 0.3) is 0 Å². The molecule has 4 rings (SSSR count). The van der Waals surface area contributed by atoms with Gasteiger partial charge in [-0.3, -0.25) is 4.79 Å². The normalized spacial score (nSPS) is 19.6. The highest BCUT2D eigenvalue weighted by molar-refractivity contribution is 5.81. The molecule has 2 fully saturated rings. The van der Waals surface area contributed by atoms with Gasteiger partial charge in [0, 0.05) is 45.7 Å². The van der Waals surface area contributed by atoms with Crippen molar-refractivity contribution in [2.75, 3.05) is 37.6 Å². The number of carbonyl (C=O) groups excluding carboxylic acids is 2. The molecule has 0 aromatic heterocycles. The smallest absolute Gasteiger partial charge is 0.317 e. The Bertz CT molecular complexity index is 868. The van der Waals surface area contributed by atoms with E-state index in [1.807, 2.05) is 41.3 Å². The number of nitrogens with zero attached hydrogens (tertiary/aromatic N) is 3. The number of likely N-dealkylation sites (tertiary alicyclic amines) is 1. The molecule has 0 radical (unpaired) electrons. The number of urea groups is 1. The fourth-order valence-electron chi connectivity index (χ4n) is 3.95. The standard InChI is InChI=1S/C22H25FN4O2/c23-19-8-4-5-9-20(19)25-10-12-26(13-11-25)22(29)24-18-14-21(28)27(16-18)15-17-6-2-1-3-7-17/h1-9,18H,10-16H2,(H,24,29). The van der Waals surface area contributed by atoms with E-state index >= 15 is 0 Å². The number of anilines is 1. The maximum atomic E-state index is 14.0. The van der Waals surface area contributed by atoms with Crippen LogP contribution in [0.5, 0.6) is 0 Å². The minimum atomic E-state index is -0.242. The summed E-state index contributed by atoms with van der Waals surface area (Å²) in [7, 11) is 0. The topological polar surface area (TPSA) is 55.9 Å². The number of hydrogen-bond donors (Lipinski definition) is 1. The van der Waals surface area contributed by atoms with Crippen molar-refractivity contribution in [2.45, 2.75) is 19.0 Å². The highest BCUT2D eigenvalue weighted by atomic mass is 19.1. The van der Waals surface area contributed by atoms with Crippen molar-refractivity contribution in [3.63, 3.8) is 0 Å². The Kier molecular flexibility index (Phi) is 5.64. The zero-order valence-corrected chi connectivity index (χ0v) is 16.3. The summed E-state index contributed by atoms with van der Waals surface area (Å²) >= 11 is 0. The molecule has 7 heteroatoms. The van der Waals surface area contributed by atoms with Gasteiger partial charge in [-0.05, 0) is 17.7 Å². The summed E-state index contributed by atoms with van der Waals surface area (Å²) < 4.78 is 14.0. The average Bonchev–Trinajstić information content (AvgIpc) is 3.08. The second-order valence-corrected chi connectivity index (χ2v) is 7.54. The van der Waals surface area contributed by atoms with Crippen molar-refractivity contribution >= 4 is 17.6 Å². The van der Waals surface area contributed by atoms with Crippen LogP contribution >= 0.6 is 0 Å². The van der Waals surface area contributed by atoms with Gasteiger partial charge in [0.15, 0.2) is 0 Å². The molecule has 0 aliphatic carbocycles. The predicted molar refractivity (Wildman–Crippen MR) is 109 cm³/mol. The number of piperazine rings is 1. The van der Waals surface area contributed by atoms with Gasteiger partial charge in [0.2, 0.25) is 5.91 Å². The molecule has 6 nitrogen and oxygen atoms in total. The summed E-state index contributed by atoms with van der Waals surface area (Å²) in [6.45, 7) is 3.29. The number of hydrogen-bond acceptors (Lipinski definition) is 3. The van der Waals surface area contributed by atoms with Crippen molar-refractivity contribution in [1.82, 2.24) is 15.1 Å². The number of nitrogens with one attached hydrogen (secondary N) is 1. The van der Waals surface area contributed by atoms with Gasteiger partial charge in [-0.15, -0.1) is 0 Å². The van der Waals surface area contributed by atoms with Gasteiger partial charge in [-0.25, -0.2) is 9.18 Å². The number of amides is 3. The molecular formula is C22H25FN4O2. The summed E-state index contributed by atoms with van der Waals surface area (Å²) in [4.78, 5) is 30.4. The minimum Gasteiger partial charge on any atom is -0.366 e. The number of rotatable bonds is 4. The van der Waals surface area contributed by atoms with Crippen molar-refractivity contribution in [3.05, 3.63) is 66.0 Å². The Balaban J connectivity index is 1.27. The fourth-order valence-corrected chi connectivity index (χ4v) is 3.95. The zero-order chi connectivity index (χ0) is 20.2. The molecule has 2 aliphatic rings. The zero-order valence-electron chi connectivity index (χ0n) is 16.3. The molecule has 2 saturated heterocycles. The van der Waals surface area contributed by atoms with Gasteiger partial charge >= 0.3 is 6.03 Å². The van der Waals surface area contributed by atoms with E-state index in [2.05, 4.69) is 5.32 Å². The molecule has 2 aromatic carbocycles. The van der Waals surface area contributed by atoms with Crippen LogP contribution in [0, 0.1) is 5.82 Å². The second-order valence-electron chi connectivity index (χ2n) is 7.54. The lowest BCUT2D eigenvalue weighted by molar-refractivity contribution is -0.128. The van der Waals surface area contributed by atoms with E-state index in [-0.39, 0.29) is 23.8 Å². The molecule has 0 spiro atoms. The molecule has 0 bridgehead atoms. The van der Waals surface area contributed by atoms with E-state index in [1.165, 1.54) is 6.07 Å². The lowest BCUT2D eigenvalue weighted by Gasteiger charge is -2.36. The SMILES string of the molecule is O=C1CC(NC(=O)N2CCN(c3ccccc3F)CC2)CN1Cc1ccccc1. The van der Waals surface area contributed by atoms with E-state index in [0.29, 0.717) is 51.4 Å². The first-order valence-corrected chi connectivity index (χ1v) is 9.97. The summed E-state index contributed by atoms with van der Waals surface area (Å²) in [5.74, 6) is -0.183. The monoisotopic (exact) mass is 396 g/mol. The molecule has 2 aromatic rings. The van der Waals surface area contributed by atoms with Gasteiger partial charge < -0.3 is 20.0 Å². The summed E-state index contributed by atoms with van der Waals surface area (Å²) in [6, 6.07) is 16.2. The first-order chi connectivity index (χ1) is 14.1.